The van der Waals surface area contributed by atoms with E-state index in [9.17, 15) is 0 Å². The van der Waals surface area contributed by atoms with Gasteiger partial charge in [0, 0.05) is 6.04 Å². The van der Waals surface area contributed by atoms with E-state index in [-0.39, 0.29) is 0 Å². The van der Waals surface area contributed by atoms with Crippen LogP contribution < -0.4 is 10.6 Å². The fourth-order valence-corrected chi connectivity index (χ4v) is 1.80. The Balaban J connectivity index is 1.79. The van der Waals surface area contributed by atoms with Gasteiger partial charge in [-0.2, -0.15) is 5.21 Å². The van der Waals surface area contributed by atoms with E-state index in [2.05, 4.69) is 38.2 Å². The highest BCUT2D eigenvalue weighted by Crippen LogP contribution is 2.10. The molecule has 0 saturated carbocycles. The number of nitrogens with zero attached hydrogens (tertiary/aromatic N) is 3. The first-order valence-corrected chi connectivity index (χ1v) is 5.02. The van der Waals surface area contributed by atoms with Crippen LogP contribution >= 0.6 is 0 Å². The summed E-state index contributed by atoms with van der Waals surface area (Å²) in [7, 11) is 0. The Labute approximate surface area is 82.9 Å². The van der Waals surface area contributed by atoms with Gasteiger partial charge >= 0.3 is 0 Å². The van der Waals surface area contributed by atoms with Crippen LogP contribution in [0.15, 0.2) is 0 Å². The number of aromatic nitrogens is 4. The van der Waals surface area contributed by atoms with Crippen LogP contribution in [0.3, 0.4) is 0 Å². The minimum Gasteiger partial charge on any atom is -0.316 e. The molecule has 1 fully saturated rings. The van der Waals surface area contributed by atoms with Gasteiger partial charge in [-0.1, -0.05) is 12.1 Å². The van der Waals surface area contributed by atoms with Gasteiger partial charge in [0.1, 0.15) is 0 Å². The number of rotatable bonds is 3. The van der Waals surface area contributed by atoms with Gasteiger partial charge in [-0.25, -0.2) is 0 Å². The molecule has 1 aliphatic rings. The number of nitrogens with one attached hydrogen (secondary N) is 3. The molecule has 14 heavy (non-hydrogen) atoms. The summed E-state index contributed by atoms with van der Waals surface area (Å²) in [5.41, 5.74) is 0. The largest absolute Gasteiger partial charge is 0.316 e. The number of piperidine rings is 1. The molecule has 3 N–H and O–H groups in total. The summed E-state index contributed by atoms with van der Waals surface area (Å²) in [5.74, 6) is 1.39. The SMILES string of the molecule is CC1CNCCC1NCc1nn[nH]n1. The second-order valence-corrected chi connectivity index (χ2v) is 3.79. The van der Waals surface area contributed by atoms with E-state index < -0.39 is 0 Å². The van der Waals surface area contributed by atoms with Gasteiger partial charge in [-0.3, -0.25) is 0 Å². The lowest BCUT2D eigenvalue weighted by Gasteiger charge is -2.29. The molecule has 0 aromatic carbocycles. The van der Waals surface area contributed by atoms with E-state index in [0.717, 1.165) is 18.9 Å². The highest BCUT2D eigenvalue weighted by molar-refractivity contribution is 4.83. The summed E-state index contributed by atoms with van der Waals surface area (Å²) >= 11 is 0. The maximum atomic E-state index is 3.90. The molecule has 2 unspecified atom stereocenters. The highest BCUT2D eigenvalue weighted by atomic mass is 15.5. The van der Waals surface area contributed by atoms with Crippen molar-refractivity contribution in [2.45, 2.75) is 25.9 Å². The molecular formula is C8H16N6. The number of tetrazole rings is 1. The number of H-pyrrole nitrogens is 1. The quantitative estimate of drug-likeness (QED) is 0.595. The van der Waals surface area contributed by atoms with E-state index in [1.807, 2.05) is 0 Å². The third kappa shape index (κ3) is 2.27. The monoisotopic (exact) mass is 196 g/mol. The summed E-state index contributed by atoms with van der Waals surface area (Å²) in [4.78, 5) is 0. The van der Waals surface area contributed by atoms with Gasteiger partial charge in [0.25, 0.3) is 0 Å². The zero-order chi connectivity index (χ0) is 9.80. The van der Waals surface area contributed by atoms with Crippen molar-refractivity contribution in [2.24, 2.45) is 5.92 Å². The first kappa shape index (κ1) is 9.54. The molecule has 2 rings (SSSR count). The van der Waals surface area contributed by atoms with Gasteiger partial charge in [0.2, 0.25) is 0 Å². The van der Waals surface area contributed by atoms with Crippen molar-refractivity contribution in [2.75, 3.05) is 13.1 Å². The van der Waals surface area contributed by atoms with Gasteiger partial charge in [0.15, 0.2) is 5.82 Å². The van der Waals surface area contributed by atoms with E-state index in [0.29, 0.717) is 18.5 Å². The van der Waals surface area contributed by atoms with Gasteiger partial charge < -0.3 is 10.6 Å². The van der Waals surface area contributed by atoms with Crippen LogP contribution in [0.1, 0.15) is 19.2 Å². The van der Waals surface area contributed by atoms with Crippen molar-refractivity contribution in [3.05, 3.63) is 5.82 Å². The van der Waals surface area contributed by atoms with Crippen LogP contribution in [-0.2, 0) is 6.54 Å². The smallest absolute Gasteiger partial charge is 0.188 e. The Kier molecular flexibility index (Phi) is 3.05. The maximum absolute atomic E-state index is 3.90. The molecule has 2 heterocycles. The first-order valence-electron chi connectivity index (χ1n) is 5.02. The van der Waals surface area contributed by atoms with Crippen LogP contribution in [0.2, 0.25) is 0 Å². The Morgan fingerprint density at radius 1 is 1.57 bits per heavy atom. The Morgan fingerprint density at radius 3 is 3.21 bits per heavy atom. The average Bonchev–Trinajstić information content (AvgIpc) is 2.69. The minimum atomic E-state index is 0.565. The normalized spacial score (nSPS) is 27.8. The second-order valence-electron chi connectivity index (χ2n) is 3.79. The van der Waals surface area contributed by atoms with Crippen molar-refractivity contribution in [1.82, 2.24) is 31.3 Å². The lowest BCUT2D eigenvalue weighted by molar-refractivity contribution is 0.293. The number of hydrogen-bond donors (Lipinski definition) is 3. The van der Waals surface area contributed by atoms with E-state index in [1.165, 1.54) is 6.42 Å². The highest BCUT2D eigenvalue weighted by Gasteiger charge is 2.20. The minimum absolute atomic E-state index is 0.565. The number of aromatic amines is 1. The van der Waals surface area contributed by atoms with E-state index in [4.69, 9.17) is 0 Å². The zero-order valence-electron chi connectivity index (χ0n) is 8.32. The second kappa shape index (κ2) is 4.47. The molecular weight excluding hydrogens is 180 g/mol. The van der Waals surface area contributed by atoms with Gasteiger partial charge in [-0.15, -0.1) is 10.2 Å². The standard InChI is InChI=1S/C8H16N6/c1-6-4-9-3-2-7(6)10-5-8-11-13-14-12-8/h6-7,9-10H,2-5H2,1H3,(H,11,12,13,14). The fourth-order valence-electron chi connectivity index (χ4n) is 1.80. The van der Waals surface area contributed by atoms with Crippen LogP contribution in [-0.4, -0.2) is 39.8 Å². The predicted molar refractivity (Wildman–Crippen MR) is 51.5 cm³/mol. The molecule has 78 valence electrons. The van der Waals surface area contributed by atoms with E-state index >= 15 is 0 Å². The Bertz CT molecular complexity index is 259. The molecule has 6 heteroatoms. The maximum Gasteiger partial charge on any atom is 0.188 e. The molecule has 1 aromatic rings. The van der Waals surface area contributed by atoms with Crippen molar-refractivity contribution < 1.29 is 0 Å². The van der Waals surface area contributed by atoms with Crippen LogP contribution in [0.5, 0.6) is 0 Å². The third-order valence-electron chi connectivity index (χ3n) is 2.70. The molecule has 0 radical (unpaired) electrons. The predicted octanol–water partition coefficient (Wildman–Crippen LogP) is -0.713. The van der Waals surface area contributed by atoms with Crippen molar-refractivity contribution in [3.8, 4) is 0 Å². The van der Waals surface area contributed by atoms with Crippen molar-refractivity contribution in [3.63, 3.8) is 0 Å². The zero-order valence-corrected chi connectivity index (χ0v) is 8.32. The van der Waals surface area contributed by atoms with Crippen LogP contribution in [0.4, 0.5) is 0 Å². The van der Waals surface area contributed by atoms with Gasteiger partial charge in [0.05, 0.1) is 6.54 Å². The third-order valence-corrected chi connectivity index (χ3v) is 2.70. The summed E-state index contributed by atoms with van der Waals surface area (Å²) in [6.07, 6.45) is 1.17. The molecule has 0 amide bonds. The summed E-state index contributed by atoms with van der Waals surface area (Å²) in [6.45, 7) is 5.13. The van der Waals surface area contributed by atoms with Crippen molar-refractivity contribution >= 4 is 0 Å². The molecule has 1 aliphatic heterocycles. The summed E-state index contributed by atoms with van der Waals surface area (Å²) in [5, 5.41) is 20.6. The van der Waals surface area contributed by atoms with Crippen LogP contribution in [0.25, 0.3) is 0 Å². The topological polar surface area (TPSA) is 78.5 Å². The fraction of sp³-hybridized carbons (Fsp3) is 0.875. The Hall–Kier alpha value is -1.01. The number of hydrogen-bond acceptors (Lipinski definition) is 5. The first-order chi connectivity index (χ1) is 6.86. The summed E-state index contributed by atoms with van der Waals surface area (Å²) in [6, 6.07) is 0.565. The molecule has 0 aliphatic carbocycles. The molecule has 1 saturated heterocycles. The van der Waals surface area contributed by atoms with E-state index in [1.54, 1.807) is 0 Å². The lowest BCUT2D eigenvalue weighted by Crippen LogP contribution is -2.46. The molecule has 2 atom stereocenters. The molecule has 6 nitrogen and oxygen atoms in total. The average molecular weight is 196 g/mol. The lowest BCUT2D eigenvalue weighted by atomic mass is 9.95. The molecule has 1 aromatic heterocycles. The Morgan fingerprint density at radius 2 is 2.50 bits per heavy atom. The van der Waals surface area contributed by atoms with Gasteiger partial charge in [-0.05, 0) is 25.4 Å². The molecule has 0 bridgehead atoms. The summed E-state index contributed by atoms with van der Waals surface area (Å²) < 4.78 is 0. The molecule has 0 spiro atoms. The van der Waals surface area contributed by atoms with Crippen molar-refractivity contribution in [1.29, 1.82) is 0 Å². The van der Waals surface area contributed by atoms with Crippen LogP contribution in [0, 0.1) is 5.92 Å².